The summed E-state index contributed by atoms with van der Waals surface area (Å²) in [5.41, 5.74) is 0. The zero-order valence-electron chi connectivity index (χ0n) is 12.7. The molecule has 1 aromatic heterocycles. The molecule has 1 fully saturated rings. The summed E-state index contributed by atoms with van der Waals surface area (Å²) in [4.78, 5) is 25.9. The van der Waals surface area contributed by atoms with E-state index in [1.165, 1.54) is 11.3 Å². The summed E-state index contributed by atoms with van der Waals surface area (Å²) in [6, 6.07) is -0.744. The molecule has 116 valence electrons. The zero-order valence-corrected chi connectivity index (χ0v) is 13.5. The number of rotatable bonds is 3. The van der Waals surface area contributed by atoms with Gasteiger partial charge in [-0.1, -0.05) is 39.0 Å². The van der Waals surface area contributed by atoms with Crippen LogP contribution in [0.3, 0.4) is 0 Å². The quantitative estimate of drug-likeness (QED) is 0.888. The molecule has 21 heavy (non-hydrogen) atoms. The van der Waals surface area contributed by atoms with E-state index in [1.807, 2.05) is 27.7 Å². The predicted octanol–water partition coefficient (Wildman–Crippen LogP) is 1.65. The Bertz CT molecular complexity index is 528. The average Bonchev–Trinajstić information content (AvgIpc) is 2.86. The molecule has 0 spiro atoms. The number of carbonyl (C=O) groups is 2. The number of hydrogen-bond acceptors (Lipinski definition) is 5. The summed E-state index contributed by atoms with van der Waals surface area (Å²) in [6.07, 6.45) is 0. The Morgan fingerprint density at radius 2 is 2.10 bits per heavy atom. The molecule has 0 bridgehead atoms. The van der Waals surface area contributed by atoms with Crippen molar-refractivity contribution in [1.29, 1.82) is 0 Å². The van der Waals surface area contributed by atoms with Crippen LogP contribution in [0.4, 0.5) is 9.93 Å². The van der Waals surface area contributed by atoms with E-state index in [9.17, 15) is 9.59 Å². The maximum atomic E-state index is 12.4. The van der Waals surface area contributed by atoms with Gasteiger partial charge in [-0.25, -0.2) is 4.79 Å². The first kappa shape index (κ1) is 15.7. The molecule has 2 rings (SSSR count). The van der Waals surface area contributed by atoms with Crippen molar-refractivity contribution in [3.63, 3.8) is 0 Å². The minimum Gasteiger partial charge on any atom is -0.353 e. The normalized spacial score (nSPS) is 19.0. The van der Waals surface area contributed by atoms with Crippen LogP contribution < -0.4 is 10.6 Å². The number of piperazine rings is 1. The lowest BCUT2D eigenvalue weighted by molar-refractivity contribution is -0.129. The first-order valence-electron chi connectivity index (χ1n) is 7.09. The Balaban J connectivity index is 2.08. The maximum Gasteiger partial charge on any atom is 0.324 e. The minimum atomic E-state index is -0.448. The van der Waals surface area contributed by atoms with Gasteiger partial charge in [0, 0.05) is 19.0 Å². The molecule has 1 aliphatic heterocycles. The summed E-state index contributed by atoms with van der Waals surface area (Å²) in [5, 5.41) is 14.9. The number of amides is 3. The van der Waals surface area contributed by atoms with Gasteiger partial charge >= 0.3 is 6.03 Å². The molecule has 0 unspecified atom stereocenters. The molecule has 0 aliphatic carbocycles. The topological polar surface area (TPSA) is 87.2 Å². The number of urea groups is 1. The second-order valence-electron chi connectivity index (χ2n) is 5.70. The van der Waals surface area contributed by atoms with Crippen molar-refractivity contribution in [1.82, 2.24) is 20.4 Å². The minimum absolute atomic E-state index is 0.0525. The van der Waals surface area contributed by atoms with Gasteiger partial charge in [0.15, 0.2) is 0 Å². The highest BCUT2D eigenvalue weighted by Gasteiger charge is 2.35. The number of aromatic nitrogens is 2. The van der Waals surface area contributed by atoms with Crippen molar-refractivity contribution in [2.75, 3.05) is 18.4 Å². The Kier molecular flexibility index (Phi) is 4.76. The molecule has 1 aromatic rings. The highest BCUT2D eigenvalue weighted by atomic mass is 32.1. The second-order valence-corrected chi connectivity index (χ2v) is 6.71. The van der Waals surface area contributed by atoms with Crippen LogP contribution in [-0.4, -0.2) is 46.2 Å². The third-order valence-electron chi connectivity index (χ3n) is 3.30. The van der Waals surface area contributed by atoms with E-state index >= 15 is 0 Å². The van der Waals surface area contributed by atoms with Gasteiger partial charge in [-0.3, -0.25) is 10.1 Å². The first-order chi connectivity index (χ1) is 9.90. The molecule has 2 heterocycles. The van der Waals surface area contributed by atoms with Gasteiger partial charge in [-0.05, 0) is 5.92 Å². The maximum absolute atomic E-state index is 12.4. The van der Waals surface area contributed by atoms with Crippen LogP contribution in [0, 0.1) is 5.92 Å². The van der Waals surface area contributed by atoms with Gasteiger partial charge in [0.25, 0.3) is 0 Å². The standard InChI is InChI=1S/C13H21N5O2S/c1-7(2)9-10(19)14-5-6-18(9)13(20)15-12-17-16-11(21-12)8(3)4/h7-9H,5-6H2,1-4H3,(H,14,19)(H,15,17,20)/t9-/m1/s1. The monoisotopic (exact) mass is 311 g/mol. The van der Waals surface area contributed by atoms with Gasteiger partial charge in [-0.15, -0.1) is 10.2 Å². The molecule has 2 N–H and O–H groups in total. The number of nitrogens with zero attached hydrogens (tertiary/aromatic N) is 3. The van der Waals surface area contributed by atoms with Crippen molar-refractivity contribution in [3.05, 3.63) is 5.01 Å². The predicted molar refractivity (Wildman–Crippen MR) is 81.4 cm³/mol. The molecule has 7 nitrogen and oxygen atoms in total. The van der Waals surface area contributed by atoms with E-state index in [2.05, 4.69) is 20.8 Å². The fraction of sp³-hybridized carbons (Fsp3) is 0.692. The van der Waals surface area contributed by atoms with Crippen molar-refractivity contribution in [2.24, 2.45) is 5.92 Å². The fourth-order valence-corrected chi connectivity index (χ4v) is 2.99. The third-order valence-corrected chi connectivity index (χ3v) is 4.44. The molecule has 3 amide bonds. The Morgan fingerprint density at radius 1 is 1.38 bits per heavy atom. The summed E-state index contributed by atoms with van der Waals surface area (Å²) >= 11 is 1.36. The summed E-state index contributed by atoms with van der Waals surface area (Å²) in [6.45, 7) is 8.88. The van der Waals surface area contributed by atoms with Crippen molar-refractivity contribution >= 4 is 28.4 Å². The first-order valence-corrected chi connectivity index (χ1v) is 7.90. The molecule has 0 aromatic carbocycles. The van der Waals surface area contributed by atoms with Crippen molar-refractivity contribution < 1.29 is 9.59 Å². The highest BCUT2D eigenvalue weighted by molar-refractivity contribution is 7.15. The molecule has 1 aliphatic rings. The number of nitrogens with one attached hydrogen (secondary N) is 2. The Morgan fingerprint density at radius 3 is 2.67 bits per heavy atom. The lowest BCUT2D eigenvalue weighted by atomic mass is 10.0. The number of hydrogen-bond donors (Lipinski definition) is 2. The van der Waals surface area contributed by atoms with Crippen LogP contribution >= 0.6 is 11.3 Å². The second kappa shape index (κ2) is 6.38. The van der Waals surface area contributed by atoms with Gasteiger partial charge in [0.2, 0.25) is 11.0 Å². The van der Waals surface area contributed by atoms with Gasteiger partial charge in [-0.2, -0.15) is 0 Å². The lowest BCUT2D eigenvalue weighted by Gasteiger charge is -2.36. The van der Waals surface area contributed by atoms with Crippen LogP contribution in [0.15, 0.2) is 0 Å². The van der Waals surface area contributed by atoms with E-state index in [4.69, 9.17) is 0 Å². The van der Waals surface area contributed by atoms with E-state index in [0.29, 0.717) is 18.2 Å². The van der Waals surface area contributed by atoms with E-state index in [0.717, 1.165) is 5.01 Å². The van der Waals surface area contributed by atoms with E-state index < -0.39 is 6.04 Å². The Hall–Kier alpha value is -1.70. The van der Waals surface area contributed by atoms with Crippen molar-refractivity contribution in [2.45, 2.75) is 39.7 Å². The number of anilines is 1. The SMILES string of the molecule is CC(C)c1nnc(NC(=O)N2CCNC(=O)[C@H]2C(C)C)s1. The molecule has 8 heteroatoms. The zero-order chi connectivity index (χ0) is 15.6. The average molecular weight is 311 g/mol. The van der Waals surface area contributed by atoms with E-state index in [1.54, 1.807) is 4.90 Å². The smallest absolute Gasteiger partial charge is 0.324 e. The van der Waals surface area contributed by atoms with Crippen LogP contribution in [0.25, 0.3) is 0 Å². The molecular formula is C13H21N5O2S. The van der Waals surface area contributed by atoms with E-state index in [-0.39, 0.29) is 23.8 Å². The fourth-order valence-electron chi connectivity index (χ4n) is 2.26. The van der Waals surface area contributed by atoms with Crippen LogP contribution in [0.5, 0.6) is 0 Å². The lowest BCUT2D eigenvalue weighted by Crippen LogP contribution is -2.60. The summed E-state index contributed by atoms with van der Waals surface area (Å²) in [5.74, 6) is 0.223. The van der Waals surface area contributed by atoms with Gasteiger partial charge < -0.3 is 10.2 Å². The van der Waals surface area contributed by atoms with Crippen LogP contribution in [0.2, 0.25) is 0 Å². The number of carbonyl (C=O) groups excluding carboxylic acids is 2. The largest absolute Gasteiger partial charge is 0.353 e. The molecule has 1 saturated heterocycles. The summed E-state index contributed by atoms with van der Waals surface area (Å²) in [7, 11) is 0. The van der Waals surface area contributed by atoms with Crippen LogP contribution in [-0.2, 0) is 4.79 Å². The highest BCUT2D eigenvalue weighted by Crippen LogP contribution is 2.23. The Labute approximate surface area is 128 Å². The summed E-state index contributed by atoms with van der Waals surface area (Å²) < 4.78 is 0. The molecule has 0 saturated carbocycles. The third kappa shape index (κ3) is 3.49. The molecule has 1 atom stereocenters. The van der Waals surface area contributed by atoms with Gasteiger partial charge in [0.05, 0.1) is 0 Å². The van der Waals surface area contributed by atoms with Crippen LogP contribution in [0.1, 0.15) is 38.6 Å². The molecule has 0 radical (unpaired) electrons. The van der Waals surface area contributed by atoms with Gasteiger partial charge in [0.1, 0.15) is 11.0 Å². The molecular weight excluding hydrogens is 290 g/mol. The van der Waals surface area contributed by atoms with Crippen molar-refractivity contribution in [3.8, 4) is 0 Å².